The van der Waals surface area contributed by atoms with Crippen molar-refractivity contribution in [1.29, 1.82) is 0 Å². The van der Waals surface area contributed by atoms with Crippen LogP contribution in [0.5, 0.6) is 0 Å². The molecule has 1 aromatic rings. The molecule has 0 radical (unpaired) electrons. The summed E-state index contributed by atoms with van der Waals surface area (Å²) in [5.41, 5.74) is 0.0986. The summed E-state index contributed by atoms with van der Waals surface area (Å²) in [6.07, 6.45) is 0.642. The number of nitrogens with zero attached hydrogens (tertiary/aromatic N) is 1. The number of amides is 1. The number of hydrogen-bond acceptors (Lipinski definition) is 5. The summed E-state index contributed by atoms with van der Waals surface area (Å²) in [7, 11) is 1.26. The Kier molecular flexibility index (Phi) is 4.12. The van der Waals surface area contributed by atoms with Crippen LogP contribution in [-0.2, 0) is 9.53 Å². The van der Waals surface area contributed by atoms with Crippen LogP contribution in [0.25, 0.3) is 0 Å². The predicted molar refractivity (Wildman–Crippen MR) is 81.1 cm³/mol. The zero-order valence-corrected chi connectivity index (χ0v) is 13.0. The van der Waals surface area contributed by atoms with E-state index in [9.17, 15) is 14.4 Å². The number of esters is 1. The number of aldehydes is 1. The highest BCUT2D eigenvalue weighted by atomic mass is 16.5. The standard InChI is InChI=1S/C16H18N2O4/c1-9(2)16(3)15(21)17-13(18-16)11-6-5-10(8-19)7-12(11)14(20)22-4/h5-9H,1-4H3,(H,17,18,21). The van der Waals surface area contributed by atoms with Crippen molar-refractivity contribution in [3.8, 4) is 0 Å². The number of amidine groups is 1. The Balaban J connectivity index is 2.56. The fraction of sp³-hybridized carbons (Fsp3) is 0.375. The molecule has 0 aliphatic carbocycles. The van der Waals surface area contributed by atoms with E-state index < -0.39 is 11.5 Å². The highest BCUT2D eigenvalue weighted by Gasteiger charge is 2.42. The van der Waals surface area contributed by atoms with Gasteiger partial charge in [0.05, 0.1) is 12.7 Å². The number of nitrogens with one attached hydrogen (secondary N) is 1. The van der Waals surface area contributed by atoms with Crippen LogP contribution in [0, 0.1) is 5.92 Å². The predicted octanol–water partition coefficient (Wildman–Crippen LogP) is 1.58. The molecule has 22 heavy (non-hydrogen) atoms. The number of carbonyl (C=O) groups is 3. The monoisotopic (exact) mass is 302 g/mol. The van der Waals surface area contributed by atoms with E-state index in [2.05, 4.69) is 10.3 Å². The van der Waals surface area contributed by atoms with Crippen LogP contribution in [0.2, 0.25) is 0 Å². The Morgan fingerprint density at radius 2 is 2.09 bits per heavy atom. The molecule has 2 rings (SSSR count). The average molecular weight is 302 g/mol. The van der Waals surface area contributed by atoms with Gasteiger partial charge in [-0.1, -0.05) is 19.9 Å². The summed E-state index contributed by atoms with van der Waals surface area (Å²) in [6.45, 7) is 5.56. The van der Waals surface area contributed by atoms with E-state index in [1.807, 2.05) is 13.8 Å². The first kappa shape index (κ1) is 15.9. The number of aliphatic imine (C=N–C) groups is 1. The molecule has 1 aromatic carbocycles. The number of hydrogen-bond donors (Lipinski definition) is 1. The minimum atomic E-state index is -0.883. The maximum atomic E-state index is 12.2. The summed E-state index contributed by atoms with van der Waals surface area (Å²) in [5, 5.41) is 2.71. The zero-order chi connectivity index (χ0) is 16.5. The Labute approximate surface area is 128 Å². The van der Waals surface area contributed by atoms with Crippen LogP contribution in [0.4, 0.5) is 0 Å². The molecule has 1 aliphatic rings. The van der Waals surface area contributed by atoms with E-state index in [0.29, 0.717) is 23.2 Å². The Bertz CT molecular complexity index is 679. The summed E-state index contributed by atoms with van der Waals surface area (Å²) in [4.78, 5) is 39.5. The summed E-state index contributed by atoms with van der Waals surface area (Å²) < 4.78 is 4.74. The van der Waals surface area contributed by atoms with Crippen LogP contribution < -0.4 is 5.32 Å². The highest BCUT2D eigenvalue weighted by Crippen LogP contribution is 2.28. The van der Waals surface area contributed by atoms with Gasteiger partial charge in [-0.2, -0.15) is 0 Å². The number of benzene rings is 1. The van der Waals surface area contributed by atoms with Crippen LogP contribution in [-0.4, -0.2) is 36.6 Å². The lowest BCUT2D eigenvalue weighted by Crippen LogP contribution is -2.41. The largest absolute Gasteiger partial charge is 0.465 e. The van der Waals surface area contributed by atoms with Gasteiger partial charge in [0, 0.05) is 11.1 Å². The minimum absolute atomic E-state index is 0.000764. The lowest BCUT2D eigenvalue weighted by Gasteiger charge is -2.21. The van der Waals surface area contributed by atoms with Gasteiger partial charge in [0.15, 0.2) is 0 Å². The second kappa shape index (κ2) is 5.71. The van der Waals surface area contributed by atoms with Crippen molar-refractivity contribution in [2.75, 3.05) is 7.11 Å². The molecule has 1 unspecified atom stereocenters. The smallest absolute Gasteiger partial charge is 0.338 e. The van der Waals surface area contributed by atoms with E-state index in [0.717, 1.165) is 0 Å². The highest BCUT2D eigenvalue weighted by molar-refractivity contribution is 6.18. The first-order chi connectivity index (χ1) is 10.3. The molecule has 0 fully saturated rings. The number of rotatable bonds is 4. The molecule has 0 aromatic heterocycles. The molecule has 1 atom stereocenters. The van der Waals surface area contributed by atoms with Crippen molar-refractivity contribution in [1.82, 2.24) is 5.32 Å². The Morgan fingerprint density at radius 3 is 2.59 bits per heavy atom. The van der Waals surface area contributed by atoms with Gasteiger partial charge < -0.3 is 10.1 Å². The molecule has 0 spiro atoms. The van der Waals surface area contributed by atoms with Crippen LogP contribution in [0.1, 0.15) is 47.1 Å². The van der Waals surface area contributed by atoms with Crippen molar-refractivity contribution < 1.29 is 19.1 Å². The van der Waals surface area contributed by atoms with Crippen LogP contribution in [0.3, 0.4) is 0 Å². The van der Waals surface area contributed by atoms with Gasteiger partial charge >= 0.3 is 5.97 Å². The molecule has 1 amide bonds. The lowest BCUT2D eigenvalue weighted by molar-refractivity contribution is -0.124. The van der Waals surface area contributed by atoms with Crippen molar-refractivity contribution in [2.45, 2.75) is 26.3 Å². The molecule has 1 heterocycles. The fourth-order valence-electron chi connectivity index (χ4n) is 2.18. The van der Waals surface area contributed by atoms with Gasteiger partial charge in [0.1, 0.15) is 17.7 Å². The first-order valence-corrected chi connectivity index (χ1v) is 6.92. The topological polar surface area (TPSA) is 84.8 Å². The molecule has 6 nitrogen and oxygen atoms in total. The molecule has 1 aliphatic heterocycles. The molecular weight excluding hydrogens is 284 g/mol. The fourth-order valence-corrected chi connectivity index (χ4v) is 2.18. The van der Waals surface area contributed by atoms with Crippen LogP contribution in [0.15, 0.2) is 23.2 Å². The SMILES string of the molecule is COC(=O)c1cc(C=O)ccc1C1=NC(C)(C(C)C)C(=O)N1. The summed E-state index contributed by atoms with van der Waals surface area (Å²) in [5.74, 6) is -0.485. The van der Waals surface area contributed by atoms with E-state index in [1.165, 1.54) is 13.2 Å². The van der Waals surface area contributed by atoms with Gasteiger partial charge in [-0.25, -0.2) is 4.79 Å². The summed E-state index contributed by atoms with van der Waals surface area (Å²) >= 11 is 0. The van der Waals surface area contributed by atoms with Gasteiger partial charge in [-0.3, -0.25) is 14.6 Å². The molecule has 1 N–H and O–H groups in total. The van der Waals surface area contributed by atoms with Gasteiger partial charge in [-0.05, 0) is 25.0 Å². The van der Waals surface area contributed by atoms with Crippen molar-refractivity contribution in [3.05, 3.63) is 34.9 Å². The van der Waals surface area contributed by atoms with E-state index in [4.69, 9.17) is 4.74 Å². The first-order valence-electron chi connectivity index (χ1n) is 6.92. The maximum absolute atomic E-state index is 12.2. The average Bonchev–Trinajstić information content (AvgIpc) is 2.82. The quantitative estimate of drug-likeness (QED) is 0.676. The zero-order valence-electron chi connectivity index (χ0n) is 13.0. The van der Waals surface area contributed by atoms with Crippen molar-refractivity contribution in [2.24, 2.45) is 10.9 Å². The second-order valence-corrected chi connectivity index (χ2v) is 5.63. The molecule has 0 saturated heterocycles. The normalized spacial score (nSPS) is 20.6. The lowest BCUT2D eigenvalue weighted by atomic mass is 9.89. The van der Waals surface area contributed by atoms with E-state index >= 15 is 0 Å². The number of carbonyl (C=O) groups excluding carboxylic acids is 3. The molecule has 0 bridgehead atoms. The summed E-state index contributed by atoms with van der Waals surface area (Å²) in [6, 6.07) is 4.57. The molecular formula is C16H18N2O4. The van der Waals surface area contributed by atoms with Gasteiger partial charge in [0.2, 0.25) is 0 Å². The van der Waals surface area contributed by atoms with Crippen molar-refractivity contribution >= 4 is 24.0 Å². The van der Waals surface area contributed by atoms with Crippen LogP contribution >= 0.6 is 0 Å². The van der Waals surface area contributed by atoms with Crippen molar-refractivity contribution in [3.63, 3.8) is 0 Å². The van der Waals surface area contributed by atoms with Gasteiger partial charge in [-0.15, -0.1) is 0 Å². The Morgan fingerprint density at radius 1 is 1.41 bits per heavy atom. The van der Waals surface area contributed by atoms with E-state index in [-0.39, 0.29) is 17.4 Å². The third kappa shape index (κ3) is 2.52. The molecule has 116 valence electrons. The minimum Gasteiger partial charge on any atom is -0.465 e. The van der Waals surface area contributed by atoms with Gasteiger partial charge in [0.25, 0.3) is 5.91 Å². The molecule has 6 heteroatoms. The third-order valence-electron chi connectivity index (χ3n) is 4.00. The second-order valence-electron chi connectivity index (χ2n) is 5.63. The Hall–Kier alpha value is -2.50. The maximum Gasteiger partial charge on any atom is 0.338 e. The van der Waals surface area contributed by atoms with E-state index in [1.54, 1.807) is 19.1 Å². The number of methoxy groups -OCH3 is 1. The molecule has 0 saturated carbocycles. The third-order valence-corrected chi connectivity index (χ3v) is 4.00. The number of ether oxygens (including phenoxy) is 1.